The zero-order valence-electron chi connectivity index (χ0n) is 15.9. The number of aryl methyl sites for hydroxylation is 1. The number of esters is 1. The largest absolute Gasteiger partial charge is 0.482 e. The summed E-state index contributed by atoms with van der Waals surface area (Å²) in [5, 5.41) is 3.72. The third-order valence-corrected chi connectivity index (χ3v) is 4.30. The smallest absolute Gasteiger partial charge is 0.344 e. The lowest BCUT2D eigenvalue weighted by atomic mass is 10.2. The highest BCUT2D eigenvalue weighted by Gasteiger charge is 2.15. The molecule has 2 aromatic carbocycles. The third kappa shape index (κ3) is 5.13. The first kappa shape index (κ1) is 19.5. The Kier molecular flexibility index (Phi) is 6.32. The zero-order valence-corrected chi connectivity index (χ0v) is 15.9. The monoisotopic (exact) mass is 381 g/mol. The number of ether oxygens (including phenoxy) is 2. The van der Waals surface area contributed by atoms with Crippen LogP contribution in [0.2, 0.25) is 0 Å². The van der Waals surface area contributed by atoms with Gasteiger partial charge in [0.2, 0.25) is 0 Å². The number of hydrogen-bond donors (Lipinski definition) is 1. The first-order chi connectivity index (χ1) is 13.5. The van der Waals surface area contributed by atoms with Crippen LogP contribution in [0.15, 0.2) is 59.0 Å². The molecule has 0 radical (unpaired) electrons. The molecule has 0 saturated heterocycles. The predicted molar refractivity (Wildman–Crippen MR) is 105 cm³/mol. The number of benzene rings is 2. The topological polar surface area (TPSA) is 77.8 Å². The molecule has 6 heteroatoms. The summed E-state index contributed by atoms with van der Waals surface area (Å²) in [7, 11) is 0. The van der Waals surface area contributed by atoms with E-state index in [0.29, 0.717) is 11.5 Å². The Morgan fingerprint density at radius 1 is 1.07 bits per heavy atom. The summed E-state index contributed by atoms with van der Waals surface area (Å²) in [4.78, 5) is 23.8. The summed E-state index contributed by atoms with van der Waals surface area (Å²) >= 11 is 0. The zero-order chi connectivity index (χ0) is 19.9. The Hall–Kier alpha value is -3.28. The summed E-state index contributed by atoms with van der Waals surface area (Å²) in [6.45, 7) is 3.24. The third-order valence-electron chi connectivity index (χ3n) is 4.30. The number of carbonyl (C=O) groups excluding carboxylic acids is 2. The number of carbonyl (C=O) groups is 2. The van der Waals surface area contributed by atoms with E-state index in [1.807, 2.05) is 42.5 Å². The van der Waals surface area contributed by atoms with Gasteiger partial charge in [-0.2, -0.15) is 0 Å². The quantitative estimate of drug-likeness (QED) is 0.601. The molecule has 6 nitrogen and oxygen atoms in total. The number of fused-ring (bicyclic) bond motifs is 1. The molecule has 1 N–H and O–H groups in total. The van der Waals surface area contributed by atoms with Crippen LogP contribution in [0.3, 0.4) is 0 Å². The van der Waals surface area contributed by atoms with Gasteiger partial charge in [-0.25, -0.2) is 4.79 Å². The van der Waals surface area contributed by atoms with Crippen LogP contribution in [-0.4, -0.2) is 25.1 Å². The Balaban J connectivity index is 1.42. The highest BCUT2D eigenvalue weighted by atomic mass is 16.6. The maximum Gasteiger partial charge on any atom is 0.344 e. The number of rotatable bonds is 8. The van der Waals surface area contributed by atoms with Crippen molar-refractivity contribution in [3.05, 3.63) is 65.9 Å². The van der Waals surface area contributed by atoms with Crippen molar-refractivity contribution < 1.29 is 23.5 Å². The molecule has 0 aliphatic heterocycles. The van der Waals surface area contributed by atoms with E-state index in [2.05, 4.69) is 12.2 Å². The Labute approximate surface area is 163 Å². The summed E-state index contributed by atoms with van der Waals surface area (Å²) in [5.74, 6) is 0.205. The van der Waals surface area contributed by atoms with Gasteiger partial charge in [0.15, 0.2) is 13.2 Å². The normalized spacial score (nSPS) is 11.8. The van der Waals surface area contributed by atoms with Gasteiger partial charge in [0, 0.05) is 5.39 Å². The van der Waals surface area contributed by atoms with Gasteiger partial charge in [0.25, 0.3) is 5.91 Å². The first-order valence-corrected chi connectivity index (χ1v) is 9.20. The summed E-state index contributed by atoms with van der Waals surface area (Å²) in [6.07, 6.45) is 0.934. The molecule has 28 heavy (non-hydrogen) atoms. The molecule has 3 rings (SSSR count). The van der Waals surface area contributed by atoms with Crippen molar-refractivity contribution in [2.75, 3.05) is 13.2 Å². The molecule has 146 valence electrons. The minimum Gasteiger partial charge on any atom is -0.482 e. The van der Waals surface area contributed by atoms with Crippen LogP contribution in [0.1, 0.15) is 31.2 Å². The van der Waals surface area contributed by atoms with Crippen molar-refractivity contribution in [1.82, 2.24) is 5.32 Å². The number of nitrogens with one attached hydrogen (secondary N) is 1. The van der Waals surface area contributed by atoms with Crippen LogP contribution < -0.4 is 10.1 Å². The minimum atomic E-state index is -0.605. The van der Waals surface area contributed by atoms with E-state index in [1.165, 1.54) is 5.56 Å². The van der Waals surface area contributed by atoms with E-state index in [9.17, 15) is 9.59 Å². The van der Waals surface area contributed by atoms with E-state index in [-0.39, 0.29) is 19.3 Å². The summed E-state index contributed by atoms with van der Waals surface area (Å²) in [6, 6.07) is 16.6. The van der Waals surface area contributed by atoms with Gasteiger partial charge in [0.1, 0.15) is 17.1 Å². The predicted octanol–water partition coefficient (Wildman–Crippen LogP) is 3.79. The van der Waals surface area contributed by atoms with Gasteiger partial charge < -0.3 is 19.2 Å². The SMILES string of the molecule is CCc1ccc(OCC(=O)OCC(=O)N[C@@H](C)c2cc3ccccc3o2)cc1. The fourth-order valence-corrected chi connectivity index (χ4v) is 2.72. The lowest BCUT2D eigenvalue weighted by Gasteiger charge is -2.12. The Bertz CT molecular complexity index is 912. The van der Waals surface area contributed by atoms with Crippen molar-refractivity contribution in [2.45, 2.75) is 26.3 Å². The van der Waals surface area contributed by atoms with Crippen molar-refractivity contribution in [1.29, 1.82) is 0 Å². The molecule has 0 spiro atoms. The fraction of sp³-hybridized carbons (Fsp3) is 0.273. The molecule has 0 unspecified atom stereocenters. The molecule has 0 fully saturated rings. The Morgan fingerprint density at radius 2 is 1.82 bits per heavy atom. The molecule has 1 aromatic heterocycles. The van der Waals surface area contributed by atoms with Crippen LogP contribution in [0.4, 0.5) is 0 Å². The van der Waals surface area contributed by atoms with Crippen LogP contribution in [0.25, 0.3) is 11.0 Å². The molecule has 1 heterocycles. The molecule has 3 aromatic rings. The van der Waals surface area contributed by atoms with Crippen molar-refractivity contribution >= 4 is 22.8 Å². The second-order valence-corrected chi connectivity index (χ2v) is 6.42. The number of amides is 1. The van der Waals surface area contributed by atoms with Gasteiger partial charge >= 0.3 is 5.97 Å². The van der Waals surface area contributed by atoms with E-state index < -0.39 is 11.9 Å². The highest BCUT2D eigenvalue weighted by Crippen LogP contribution is 2.23. The average Bonchev–Trinajstić information content (AvgIpc) is 3.15. The minimum absolute atomic E-state index is 0.252. The molecule has 0 aliphatic rings. The van der Waals surface area contributed by atoms with Gasteiger partial charge in [-0.05, 0) is 43.2 Å². The van der Waals surface area contributed by atoms with E-state index >= 15 is 0 Å². The first-order valence-electron chi connectivity index (χ1n) is 9.20. The standard InChI is InChI=1S/C22H23NO5/c1-3-16-8-10-18(11-9-16)26-14-22(25)27-13-21(24)23-15(2)20-12-17-6-4-5-7-19(17)28-20/h4-12,15H,3,13-14H2,1-2H3,(H,23,24)/t15-/m0/s1. The van der Waals surface area contributed by atoms with Gasteiger partial charge in [-0.1, -0.05) is 37.3 Å². The number of hydrogen-bond acceptors (Lipinski definition) is 5. The molecule has 0 aliphatic carbocycles. The summed E-state index contributed by atoms with van der Waals surface area (Å²) < 4.78 is 16.0. The van der Waals surface area contributed by atoms with E-state index in [4.69, 9.17) is 13.9 Å². The molecular weight excluding hydrogens is 358 g/mol. The van der Waals surface area contributed by atoms with Crippen LogP contribution in [0.5, 0.6) is 5.75 Å². The Morgan fingerprint density at radius 3 is 2.54 bits per heavy atom. The van der Waals surface area contributed by atoms with Crippen molar-refractivity contribution in [3.8, 4) is 5.75 Å². The average molecular weight is 381 g/mol. The lowest BCUT2D eigenvalue weighted by Crippen LogP contribution is -2.31. The van der Waals surface area contributed by atoms with E-state index in [0.717, 1.165) is 17.4 Å². The molecule has 1 amide bonds. The van der Waals surface area contributed by atoms with Crippen molar-refractivity contribution in [2.24, 2.45) is 0 Å². The summed E-state index contributed by atoms with van der Waals surface area (Å²) in [5.41, 5.74) is 1.94. The van der Waals surface area contributed by atoms with Crippen molar-refractivity contribution in [3.63, 3.8) is 0 Å². The van der Waals surface area contributed by atoms with E-state index in [1.54, 1.807) is 19.1 Å². The molecular formula is C22H23NO5. The maximum atomic E-state index is 12.0. The fourth-order valence-electron chi connectivity index (χ4n) is 2.72. The second kappa shape index (κ2) is 9.08. The molecule has 1 atom stereocenters. The lowest BCUT2D eigenvalue weighted by molar-refractivity contribution is -0.150. The number of furan rings is 1. The molecule has 0 saturated carbocycles. The van der Waals surface area contributed by atoms with Gasteiger partial charge in [-0.3, -0.25) is 4.79 Å². The van der Waals surface area contributed by atoms with Crippen LogP contribution in [-0.2, 0) is 20.7 Å². The van der Waals surface area contributed by atoms with Gasteiger partial charge in [-0.15, -0.1) is 0 Å². The second-order valence-electron chi connectivity index (χ2n) is 6.42. The van der Waals surface area contributed by atoms with Gasteiger partial charge in [0.05, 0.1) is 6.04 Å². The number of para-hydroxylation sites is 1. The van der Waals surface area contributed by atoms with Crippen LogP contribution >= 0.6 is 0 Å². The molecule has 0 bridgehead atoms. The van der Waals surface area contributed by atoms with Crippen LogP contribution in [0, 0.1) is 0 Å². The highest BCUT2D eigenvalue weighted by molar-refractivity contribution is 5.82. The maximum absolute atomic E-state index is 12.0.